The van der Waals surface area contributed by atoms with Gasteiger partial charge in [0.2, 0.25) is 5.95 Å². The molecule has 1 aromatic rings. The van der Waals surface area contributed by atoms with Gasteiger partial charge in [-0.3, -0.25) is 4.84 Å². The Morgan fingerprint density at radius 1 is 0.966 bits per heavy atom. The second-order valence-electron chi connectivity index (χ2n) is 10.1. The molecule has 1 saturated heterocycles. The van der Waals surface area contributed by atoms with Crippen molar-refractivity contribution in [3.63, 3.8) is 0 Å². The zero-order valence-electron chi connectivity index (χ0n) is 19.7. The highest BCUT2D eigenvalue weighted by molar-refractivity contribution is 5.31. The van der Waals surface area contributed by atoms with E-state index in [1.807, 2.05) is 13.8 Å². The molecule has 1 aromatic heterocycles. The largest absolute Gasteiger partial charge is 0.341 e. The summed E-state index contributed by atoms with van der Waals surface area (Å²) in [6, 6.07) is 0.366. The molecule has 3 rings (SSSR count). The van der Waals surface area contributed by atoms with Crippen molar-refractivity contribution in [1.82, 2.24) is 20.0 Å². The maximum absolute atomic E-state index is 6.78. The molecular weight excluding hydrogens is 362 g/mol. The zero-order valence-corrected chi connectivity index (χ0v) is 19.7. The quantitative estimate of drug-likeness (QED) is 0.646. The fourth-order valence-electron chi connectivity index (χ4n) is 5.30. The summed E-state index contributed by atoms with van der Waals surface area (Å²) in [7, 11) is 2.13. The minimum absolute atomic E-state index is 0.00982. The number of hydrogen-bond acceptors (Lipinski definition) is 6. The highest BCUT2D eigenvalue weighted by Crippen LogP contribution is 2.43. The lowest BCUT2D eigenvalue weighted by molar-refractivity contribution is -0.312. The maximum Gasteiger partial charge on any atom is 0.228 e. The molecule has 0 radical (unpaired) electrons. The molecule has 29 heavy (non-hydrogen) atoms. The first kappa shape index (κ1) is 22.4. The summed E-state index contributed by atoms with van der Waals surface area (Å²) < 4.78 is 0. The molecule has 2 atom stereocenters. The highest BCUT2D eigenvalue weighted by Gasteiger charge is 2.50. The van der Waals surface area contributed by atoms with Crippen LogP contribution < -0.4 is 4.90 Å². The van der Waals surface area contributed by atoms with Crippen molar-refractivity contribution in [1.29, 1.82) is 0 Å². The molecular formula is C23H41N5O. The number of piperidine rings is 1. The molecule has 1 saturated carbocycles. The summed E-state index contributed by atoms with van der Waals surface area (Å²) in [5.74, 6) is 2.35. The second-order valence-corrected chi connectivity index (χ2v) is 10.1. The van der Waals surface area contributed by atoms with Crippen molar-refractivity contribution in [3.05, 3.63) is 11.6 Å². The lowest BCUT2D eigenvalue weighted by Gasteiger charge is -2.57. The van der Waals surface area contributed by atoms with Gasteiger partial charge in [0.05, 0.1) is 6.10 Å². The molecule has 2 heterocycles. The average Bonchev–Trinajstić information content (AvgIpc) is 2.91. The molecule has 0 bridgehead atoms. The normalized spacial score (nSPS) is 28.9. The van der Waals surface area contributed by atoms with Gasteiger partial charge < -0.3 is 4.90 Å². The van der Waals surface area contributed by atoms with Gasteiger partial charge in [-0.2, -0.15) is 15.0 Å². The Morgan fingerprint density at radius 2 is 1.55 bits per heavy atom. The fraction of sp³-hybridized carbons (Fsp3) is 0.870. The Balaban J connectivity index is 1.81. The second kappa shape index (κ2) is 8.84. The highest BCUT2D eigenvalue weighted by atomic mass is 16.7. The number of rotatable bonds is 5. The van der Waals surface area contributed by atoms with E-state index in [1.165, 1.54) is 38.5 Å². The van der Waals surface area contributed by atoms with Gasteiger partial charge in [-0.05, 0) is 66.7 Å². The molecule has 0 aromatic carbocycles. The first-order chi connectivity index (χ1) is 13.6. The number of anilines is 1. The van der Waals surface area contributed by atoms with Crippen LogP contribution in [0.25, 0.3) is 0 Å². The van der Waals surface area contributed by atoms with E-state index in [1.54, 1.807) is 0 Å². The predicted octanol–water partition coefficient (Wildman–Crippen LogP) is 4.99. The molecule has 164 valence electrons. The standard InChI is InChI=1S/C23H41N5O/c1-8-23(6)16-19(27(7)21-25-17(2)24-18(3)26-21)15-22(4,5)28(23)29-20-13-11-9-10-12-14-20/h19-20H,8-16H2,1-7H3. The van der Waals surface area contributed by atoms with Crippen LogP contribution in [0.4, 0.5) is 5.95 Å². The van der Waals surface area contributed by atoms with Gasteiger partial charge >= 0.3 is 0 Å². The lowest BCUT2D eigenvalue weighted by atomic mass is 9.76. The summed E-state index contributed by atoms with van der Waals surface area (Å²) in [5.41, 5.74) is -0.0601. The van der Waals surface area contributed by atoms with Gasteiger partial charge in [0.25, 0.3) is 0 Å². The summed E-state index contributed by atoms with van der Waals surface area (Å²) in [4.78, 5) is 22.6. The monoisotopic (exact) mass is 403 g/mol. The van der Waals surface area contributed by atoms with Crippen molar-refractivity contribution < 1.29 is 4.84 Å². The van der Waals surface area contributed by atoms with Gasteiger partial charge in [-0.25, -0.2) is 4.98 Å². The van der Waals surface area contributed by atoms with E-state index in [0.717, 1.165) is 36.9 Å². The molecule has 2 fully saturated rings. The number of hydrogen-bond donors (Lipinski definition) is 0. The Morgan fingerprint density at radius 3 is 2.10 bits per heavy atom. The van der Waals surface area contributed by atoms with Crippen LogP contribution in [0.15, 0.2) is 0 Å². The van der Waals surface area contributed by atoms with Crippen LogP contribution in [-0.4, -0.2) is 50.3 Å². The molecule has 0 amide bonds. The summed E-state index contributed by atoms with van der Waals surface area (Å²) in [5, 5.41) is 2.38. The lowest BCUT2D eigenvalue weighted by Crippen LogP contribution is -2.65. The Bertz CT molecular complexity index is 666. The number of nitrogens with zero attached hydrogens (tertiary/aromatic N) is 5. The molecule has 6 heteroatoms. The van der Waals surface area contributed by atoms with E-state index < -0.39 is 0 Å². The van der Waals surface area contributed by atoms with Crippen LogP contribution in [0, 0.1) is 13.8 Å². The first-order valence-electron chi connectivity index (χ1n) is 11.5. The number of aromatic nitrogens is 3. The zero-order chi connectivity index (χ0) is 21.2. The Kier molecular flexibility index (Phi) is 6.84. The Hall–Kier alpha value is -1.27. The van der Waals surface area contributed by atoms with E-state index in [-0.39, 0.29) is 11.1 Å². The molecule has 2 unspecified atom stereocenters. The van der Waals surface area contributed by atoms with Crippen molar-refractivity contribution >= 4 is 5.95 Å². The molecule has 0 N–H and O–H groups in total. The van der Waals surface area contributed by atoms with Crippen LogP contribution in [0.1, 0.15) is 97.1 Å². The summed E-state index contributed by atoms with van der Waals surface area (Å²) in [6.45, 7) is 13.2. The molecule has 6 nitrogen and oxygen atoms in total. The van der Waals surface area contributed by atoms with Crippen LogP contribution in [0.5, 0.6) is 0 Å². The van der Waals surface area contributed by atoms with Crippen molar-refractivity contribution in [2.45, 2.75) is 123 Å². The predicted molar refractivity (Wildman–Crippen MR) is 118 cm³/mol. The molecule has 2 aliphatic rings. The first-order valence-corrected chi connectivity index (χ1v) is 11.5. The van der Waals surface area contributed by atoms with Crippen LogP contribution in [0.3, 0.4) is 0 Å². The van der Waals surface area contributed by atoms with Gasteiger partial charge in [0.1, 0.15) is 11.6 Å². The summed E-state index contributed by atoms with van der Waals surface area (Å²) in [6.07, 6.45) is 11.2. The maximum atomic E-state index is 6.78. The minimum atomic E-state index is -0.0502. The van der Waals surface area contributed by atoms with Crippen molar-refractivity contribution in [2.24, 2.45) is 0 Å². The van der Waals surface area contributed by atoms with Crippen molar-refractivity contribution in [2.75, 3.05) is 11.9 Å². The van der Waals surface area contributed by atoms with Crippen LogP contribution >= 0.6 is 0 Å². The van der Waals surface area contributed by atoms with E-state index in [9.17, 15) is 0 Å². The summed E-state index contributed by atoms with van der Waals surface area (Å²) >= 11 is 0. The molecule has 1 aliphatic heterocycles. The van der Waals surface area contributed by atoms with Gasteiger partial charge in [-0.1, -0.05) is 32.6 Å². The third-order valence-electron chi connectivity index (χ3n) is 6.98. The molecule has 1 aliphatic carbocycles. The molecule has 0 spiro atoms. The van der Waals surface area contributed by atoms with Crippen molar-refractivity contribution in [3.8, 4) is 0 Å². The fourth-order valence-corrected chi connectivity index (χ4v) is 5.30. The van der Waals surface area contributed by atoms with Crippen LogP contribution in [-0.2, 0) is 4.84 Å². The van der Waals surface area contributed by atoms with E-state index in [4.69, 9.17) is 4.84 Å². The number of aryl methyl sites for hydroxylation is 2. The van der Waals surface area contributed by atoms with Gasteiger partial charge in [-0.15, -0.1) is 0 Å². The third-order valence-corrected chi connectivity index (χ3v) is 6.98. The minimum Gasteiger partial charge on any atom is -0.341 e. The van der Waals surface area contributed by atoms with E-state index >= 15 is 0 Å². The topological polar surface area (TPSA) is 54.4 Å². The van der Waals surface area contributed by atoms with Crippen LogP contribution in [0.2, 0.25) is 0 Å². The number of hydroxylamine groups is 2. The van der Waals surface area contributed by atoms with E-state index in [2.05, 4.69) is 59.7 Å². The third kappa shape index (κ3) is 5.08. The van der Waals surface area contributed by atoms with Gasteiger partial charge in [0.15, 0.2) is 0 Å². The van der Waals surface area contributed by atoms with Gasteiger partial charge in [0, 0.05) is 24.2 Å². The Labute approximate surface area is 177 Å². The average molecular weight is 404 g/mol. The smallest absolute Gasteiger partial charge is 0.228 e. The van der Waals surface area contributed by atoms with E-state index in [0.29, 0.717) is 12.1 Å². The SMILES string of the molecule is CCC1(C)CC(N(C)c2nc(C)nc(C)n2)CC(C)(C)N1OC1CCCCCC1.